The molecule has 4 aliphatic heterocycles. The summed E-state index contributed by atoms with van der Waals surface area (Å²) in [5.41, 5.74) is 0.216. The maximum atomic E-state index is 12.7. The van der Waals surface area contributed by atoms with Crippen LogP contribution in [0, 0.1) is 11.8 Å². The Bertz CT molecular complexity index is 708. The van der Waals surface area contributed by atoms with E-state index in [-0.39, 0.29) is 29.8 Å². The first-order valence-electron chi connectivity index (χ1n) is 10.4. The molecule has 0 spiro atoms. The predicted molar refractivity (Wildman–Crippen MR) is 104 cm³/mol. The molecule has 4 rings (SSSR count). The van der Waals surface area contributed by atoms with Crippen LogP contribution in [0.4, 0.5) is 0 Å². The van der Waals surface area contributed by atoms with Crippen LogP contribution in [-0.4, -0.2) is 45.9 Å². The van der Waals surface area contributed by atoms with Crippen LogP contribution in [0.2, 0.25) is 0 Å². The van der Waals surface area contributed by atoms with Crippen LogP contribution in [0.5, 0.6) is 0 Å². The van der Waals surface area contributed by atoms with Gasteiger partial charge < -0.3 is 19.7 Å². The fourth-order valence-corrected chi connectivity index (χ4v) is 4.88. The summed E-state index contributed by atoms with van der Waals surface area (Å²) in [5.74, 6) is -0.915. The molecule has 1 fully saturated rings. The number of aliphatic hydroxyl groups is 2. The number of Topliss-reactive ketones (excluding diaryl/α,β-unsaturated/α-hetero) is 1. The minimum Gasteiger partial charge on any atom is -0.511 e. The van der Waals surface area contributed by atoms with Crippen molar-refractivity contribution in [2.24, 2.45) is 11.8 Å². The number of carbonyl (C=O) groups is 2. The number of carbonyl (C=O) groups excluding carboxylic acids is 2. The Morgan fingerprint density at radius 2 is 2.04 bits per heavy atom. The van der Waals surface area contributed by atoms with Gasteiger partial charge in [-0.15, -0.1) is 0 Å². The number of fused-ring (bicyclic) bond motifs is 6. The Hall–Kier alpha value is -1.66. The second-order valence-electron chi connectivity index (χ2n) is 8.88. The molecule has 0 radical (unpaired) electrons. The van der Waals surface area contributed by atoms with Gasteiger partial charge in [0.05, 0.1) is 29.3 Å². The van der Waals surface area contributed by atoms with Gasteiger partial charge in [0.25, 0.3) is 0 Å². The minimum atomic E-state index is -0.859. The van der Waals surface area contributed by atoms with E-state index in [4.69, 9.17) is 9.47 Å². The number of hydrogen-bond donors (Lipinski definition) is 2. The molecule has 0 aliphatic carbocycles. The third-order valence-corrected chi connectivity index (χ3v) is 6.44. The summed E-state index contributed by atoms with van der Waals surface area (Å²) >= 11 is 0. The van der Waals surface area contributed by atoms with E-state index < -0.39 is 29.9 Å². The average Bonchev–Trinajstić information content (AvgIpc) is 2.92. The standard InChI is InChI=1S/C22H32O6/c1-5-6-14-18-10-16(23)12(2)9-17(24)20-13(3)11-22(4,28-20)8-7-15(19(14)25)21(26)27-18/h9,13-14,17-18,20,24-25H,5-8,10-11H2,1-4H3/t13-,14+,17+,18+,20+,22-/m1/s1. The van der Waals surface area contributed by atoms with Gasteiger partial charge in [-0.05, 0) is 57.1 Å². The molecule has 1 saturated heterocycles. The number of ether oxygens (including phenoxy) is 2. The molecule has 28 heavy (non-hydrogen) atoms. The highest BCUT2D eigenvalue weighted by Crippen LogP contribution is 2.42. The zero-order valence-electron chi connectivity index (χ0n) is 17.2. The van der Waals surface area contributed by atoms with Crippen LogP contribution in [0.1, 0.15) is 66.2 Å². The van der Waals surface area contributed by atoms with Gasteiger partial charge in [-0.1, -0.05) is 20.3 Å². The summed E-state index contributed by atoms with van der Waals surface area (Å²) in [6, 6.07) is 0. The number of ketones is 1. The van der Waals surface area contributed by atoms with Crippen LogP contribution in [0.3, 0.4) is 0 Å². The number of aliphatic hydroxyl groups excluding tert-OH is 2. The zero-order valence-corrected chi connectivity index (χ0v) is 17.2. The number of hydrogen-bond acceptors (Lipinski definition) is 6. The monoisotopic (exact) mass is 392 g/mol. The van der Waals surface area contributed by atoms with Gasteiger partial charge in [0, 0.05) is 6.42 Å². The molecule has 0 unspecified atom stereocenters. The third kappa shape index (κ3) is 4.03. The first-order valence-corrected chi connectivity index (χ1v) is 10.4. The van der Waals surface area contributed by atoms with Crippen molar-refractivity contribution in [3.05, 3.63) is 23.0 Å². The smallest absolute Gasteiger partial charge is 0.337 e. The first-order chi connectivity index (χ1) is 13.1. The van der Waals surface area contributed by atoms with Crippen molar-refractivity contribution < 1.29 is 29.3 Å². The van der Waals surface area contributed by atoms with Gasteiger partial charge in [0.2, 0.25) is 0 Å². The Balaban J connectivity index is 2.01. The van der Waals surface area contributed by atoms with Crippen molar-refractivity contribution in [3.8, 4) is 0 Å². The topological polar surface area (TPSA) is 93.1 Å². The Morgan fingerprint density at radius 3 is 2.71 bits per heavy atom. The predicted octanol–water partition coefficient (Wildman–Crippen LogP) is 3.38. The van der Waals surface area contributed by atoms with Crippen LogP contribution < -0.4 is 0 Å². The molecule has 0 saturated carbocycles. The zero-order chi connectivity index (χ0) is 20.6. The molecular formula is C22H32O6. The molecule has 6 nitrogen and oxygen atoms in total. The lowest BCUT2D eigenvalue weighted by molar-refractivity contribution is -0.152. The first kappa shape index (κ1) is 21.1. The molecular weight excluding hydrogens is 360 g/mol. The molecule has 156 valence electrons. The second kappa shape index (κ2) is 7.99. The summed E-state index contributed by atoms with van der Waals surface area (Å²) in [4.78, 5) is 25.3. The van der Waals surface area contributed by atoms with Gasteiger partial charge in [-0.25, -0.2) is 4.79 Å². The van der Waals surface area contributed by atoms with Crippen LogP contribution in [-0.2, 0) is 19.1 Å². The maximum Gasteiger partial charge on any atom is 0.337 e. The lowest BCUT2D eigenvalue weighted by Crippen LogP contribution is -2.38. The molecule has 4 aliphatic rings. The van der Waals surface area contributed by atoms with Crippen LogP contribution >= 0.6 is 0 Å². The van der Waals surface area contributed by atoms with E-state index in [1.165, 1.54) is 0 Å². The van der Waals surface area contributed by atoms with Crippen molar-refractivity contribution in [1.29, 1.82) is 0 Å². The molecule has 4 bridgehead atoms. The Morgan fingerprint density at radius 1 is 1.32 bits per heavy atom. The fraction of sp³-hybridized carbons (Fsp3) is 0.727. The molecule has 4 heterocycles. The molecule has 0 aromatic rings. The van der Waals surface area contributed by atoms with Gasteiger partial charge in [0.15, 0.2) is 5.78 Å². The highest BCUT2D eigenvalue weighted by molar-refractivity contribution is 5.96. The van der Waals surface area contributed by atoms with E-state index in [0.717, 1.165) is 12.8 Å². The molecule has 0 aromatic heterocycles. The largest absolute Gasteiger partial charge is 0.511 e. The summed E-state index contributed by atoms with van der Waals surface area (Å²) in [6.45, 7) is 7.66. The Labute approximate surface area is 166 Å². The molecule has 0 aromatic carbocycles. The lowest BCUT2D eigenvalue weighted by Gasteiger charge is -2.33. The van der Waals surface area contributed by atoms with E-state index >= 15 is 0 Å². The molecule has 2 N–H and O–H groups in total. The second-order valence-corrected chi connectivity index (χ2v) is 8.88. The van der Waals surface area contributed by atoms with E-state index in [1.807, 2.05) is 20.8 Å². The normalized spacial score (nSPS) is 39.6. The number of allylic oxidation sites excluding steroid dienone is 1. The van der Waals surface area contributed by atoms with E-state index in [0.29, 0.717) is 30.4 Å². The van der Waals surface area contributed by atoms with Gasteiger partial charge in [0.1, 0.15) is 11.9 Å². The van der Waals surface area contributed by atoms with Crippen molar-refractivity contribution in [2.45, 2.75) is 90.1 Å². The quantitative estimate of drug-likeness (QED) is 0.700. The van der Waals surface area contributed by atoms with Crippen molar-refractivity contribution in [2.75, 3.05) is 0 Å². The van der Waals surface area contributed by atoms with E-state index in [9.17, 15) is 19.8 Å². The molecule has 0 amide bonds. The number of rotatable bonds is 2. The van der Waals surface area contributed by atoms with E-state index in [2.05, 4.69) is 0 Å². The van der Waals surface area contributed by atoms with Gasteiger partial charge in [-0.3, -0.25) is 4.79 Å². The van der Waals surface area contributed by atoms with Gasteiger partial charge in [-0.2, -0.15) is 0 Å². The molecule has 6 atom stereocenters. The lowest BCUT2D eigenvalue weighted by atomic mass is 9.84. The highest BCUT2D eigenvalue weighted by atomic mass is 16.5. The Kier molecular flexibility index (Phi) is 6.01. The minimum absolute atomic E-state index is 0.00158. The van der Waals surface area contributed by atoms with E-state index in [1.54, 1.807) is 13.0 Å². The summed E-state index contributed by atoms with van der Waals surface area (Å²) in [6.07, 6.45) is 2.72. The number of esters is 1. The van der Waals surface area contributed by atoms with Crippen LogP contribution in [0.15, 0.2) is 23.0 Å². The van der Waals surface area contributed by atoms with Crippen molar-refractivity contribution in [3.63, 3.8) is 0 Å². The van der Waals surface area contributed by atoms with Crippen molar-refractivity contribution >= 4 is 11.8 Å². The maximum absolute atomic E-state index is 12.7. The van der Waals surface area contributed by atoms with Crippen molar-refractivity contribution in [1.82, 2.24) is 0 Å². The molecule has 6 heteroatoms. The fourth-order valence-electron chi connectivity index (χ4n) is 4.88. The van der Waals surface area contributed by atoms with Gasteiger partial charge >= 0.3 is 5.97 Å². The SMILES string of the molecule is CCC[C@@H]1C(O)=C2CC[C@]3(C)C[C@@H](C)[C@H](O3)[C@@H](O)C=C(C)C(=O)C[C@@H]1OC2=O. The highest BCUT2D eigenvalue weighted by Gasteiger charge is 2.45. The average molecular weight is 392 g/mol. The van der Waals surface area contributed by atoms with Crippen LogP contribution in [0.25, 0.3) is 0 Å². The third-order valence-electron chi connectivity index (χ3n) is 6.44. The summed E-state index contributed by atoms with van der Waals surface area (Å²) in [5, 5.41) is 21.5. The summed E-state index contributed by atoms with van der Waals surface area (Å²) in [7, 11) is 0. The summed E-state index contributed by atoms with van der Waals surface area (Å²) < 4.78 is 11.8.